The van der Waals surface area contributed by atoms with Crippen LogP contribution in [0.2, 0.25) is 0 Å². The van der Waals surface area contributed by atoms with Crippen molar-refractivity contribution in [1.29, 1.82) is 0 Å². The predicted molar refractivity (Wildman–Crippen MR) is 106 cm³/mol. The number of carbonyl (C=O) groups excluding carboxylic acids is 1. The Labute approximate surface area is 167 Å². The Bertz CT molecular complexity index is 834. The fraction of sp³-hybridized carbons (Fsp3) is 0.650. The van der Waals surface area contributed by atoms with E-state index >= 15 is 0 Å². The molecule has 1 aliphatic carbocycles. The summed E-state index contributed by atoms with van der Waals surface area (Å²) in [4.78, 5) is 14.9. The molecule has 0 aromatic heterocycles. The molecule has 4 rings (SSSR count). The fourth-order valence-electron chi connectivity index (χ4n) is 4.65. The monoisotopic (exact) mass is 407 g/mol. The Balaban J connectivity index is 1.36. The standard InChI is InChI=1S/C20H29N3O4S/c1-21(2)28(25,26)22-10-8-18(9-11-22)27-19-5-3-4-16(13-19)20(24)23-14-15-6-7-17(23)12-15/h3-5,13,15,17-18H,6-12,14H2,1-2H3/t15-,17-/m0/s1. The zero-order chi connectivity index (χ0) is 19.9. The van der Waals surface area contributed by atoms with Crippen molar-refractivity contribution in [2.75, 3.05) is 33.7 Å². The normalized spacial score (nSPS) is 26.2. The van der Waals surface area contributed by atoms with Crippen molar-refractivity contribution in [3.8, 4) is 5.75 Å². The summed E-state index contributed by atoms with van der Waals surface area (Å²) in [6.45, 7) is 1.77. The van der Waals surface area contributed by atoms with Gasteiger partial charge >= 0.3 is 0 Å². The van der Waals surface area contributed by atoms with Crippen molar-refractivity contribution in [1.82, 2.24) is 13.5 Å². The number of hydrogen-bond acceptors (Lipinski definition) is 4. The molecule has 2 atom stereocenters. The third-order valence-electron chi connectivity index (χ3n) is 6.24. The number of fused-ring (bicyclic) bond motifs is 2. The second kappa shape index (κ2) is 7.65. The number of likely N-dealkylation sites (tertiary alicyclic amines) is 1. The Morgan fingerprint density at radius 2 is 1.89 bits per heavy atom. The van der Waals surface area contributed by atoms with Gasteiger partial charge in [-0.3, -0.25) is 4.79 Å². The number of nitrogens with zero attached hydrogens (tertiary/aromatic N) is 3. The maximum atomic E-state index is 12.9. The largest absolute Gasteiger partial charge is 0.490 e. The highest BCUT2D eigenvalue weighted by Gasteiger charge is 2.40. The van der Waals surface area contributed by atoms with Crippen LogP contribution in [0.15, 0.2) is 24.3 Å². The van der Waals surface area contributed by atoms with Crippen LogP contribution in [0.4, 0.5) is 0 Å². The predicted octanol–water partition coefficient (Wildman–Crippen LogP) is 1.96. The van der Waals surface area contributed by atoms with E-state index in [0.29, 0.717) is 49.2 Å². The molecular formula is C20H29N3O4S. The summed E-state index contributed by atoms with van der Waals surface area (Å²) < 4.78 is 33.3. The van der Waals surface area contributed by atoms with Gasteiger partial charge < -0.3 is 9.64 Å². The average molecular weight is 408 g/mol. The molecule has 0 spiro atoms. The molecule has 2 heterocycles. The van der Waals surface area contributed by atoms with E-state index in [0.717, 1.165) is 19.4 Å². The van der Waals surface area contributed by atoms with Gasteiger partial charge in [0.05, 0.1) is 0 Å². The highest BCUT2D eigenvalue weighted by molar-refractivity contribution is 7.86. The number of amides is 1. The number of piperidine rings is 2. The summed E-state index contributed by atoms with van der Waals surface area (Å²) in [5.74, 6) is 1.46. The van der Waals surface area contributed by atoms with Crippen LogP contribution in [0.3, 0.4) is 0 Å². The van der Waals surface area contributed by atoms with E-state index in [-0.39, 0.29) is 12.0 Å². The summed E-state index contributed by atoms with van der Waals surface area (Å²) in [5, 5.41) is 0. The van der Waals surface area contributed by atoms with E-state index in [1.165, 1.54) is 15.0 Å². The van der Waals surface area contributed by atoms with Gasteiger partial charge in [0.25, 0.3) is 16.1 Å². The Hall–Kier alpha value is -1.64. The highest BCUT2D eigenvalue weighted by atomic mass is 32.2. The van der Waals surface area contributed by atoms with Gasteiger partial charge in [0.1, 0.15) is 11.9 Å². The molecule has 2 aliphatic heterocycles. The van der Waals surface area contributed by atoms with Crippen LogP contribution in [0, 0.1) is 5.92 Å². The van der Waals surface area contributed by atoms with Gasteiger partial charge in [0.15, 0.2) is 0 Å². The second-order valence-electron chi connectivity index (χ2n) is 8.32. The van der Waals surface area contributed by atoms with Gasteiger partial charge in [-0.1, -0.05) is 6.07 Å². The SMILES string of the molecule is CN(C)S(=O)(=O)N1CCC(Oc2cccc(C(=O)N3C[C@H]4CC[C@H]3C4)c2)CC1. The third kappa shape index (κ3) is 3.77. The Morgan fingerprint density at radius 3 is 2.50 bits per heavy atom. The molecule has 2 saturated heterocycles. The smallest absolute Gasteiger partial charge is 0.281 e. The van der Waals surface area contributed by atoms with Crippen LogP contribution in [-0.2, 0) is 10.2 Å². The molecule has 0 N–H and O–H groups in total. The van der Waals surface area contributed by atoms with E-state index in [1.54, 1.807) is 14.1 Å². The van der Waals surface area contributed by atoms with E-state index in [1.807, 2.05) is 29.2 Å². The number of rotatable bonds is 5. The fourth-order valence-corrected chi connectivity index (χ4v) is 5.78. The minimum Gasteiger partial charge on any atom is -0.490 e. The maximum Gasteiger partial charge on any atom is 0.281 e. The summed E-state index contributed by atoms with van der Waals surface area (Å²) in [5.41, 5.74) is 0.678. The number of benzene rings is 1. The minimum absolute atomic E-state index is 0.0400. The number of carbonyl (C=O) groups is 1. The van der Waals surface area contributed by atoms with Crippen molar-refractivity contribution in [3.63, 3.8) is 0 Å². The van der Waals surface area contributed by atoms with E-state index < -0.39 is 10.2 Å². The van der Waals surface area contributed by atoms with Crippen LogP contribution < -0.4 is 4.74 Å². The number of ether oxygens (including phenoxy) is 1. The first kappa shape index (κ1) is 19.7. The Morgan fingerprint density at radius 1 is 1.14 bits per heavy atom. The topological polar surface area (TPSA) is 70.2 Å². The van der Waals surface area contributed by atoms with Crippen molar-refractivity contribution < 1.29 is 17.9 Å². The molecule has 1 aromatic rings. The van der Waals surface area contributed by atoms with Crippen LogP contribution in [-0.4, -0.2) is 73.7 Å². The lowest BCUT2D eigenvalue weighted by molar-refractivity contribution is 0.0702. The van der Waals surface area contributed by atoms with Gasteiger partial charge in [-0.05, 0) is 56.2 Å². The maximum absolute atomic E-state index is 12.9. The lowest BCUT2D eigenvalue weighted by atomic mass is 10.1. The van der Waals surface area contributed by atoms with Gasteiger partial charge in [-0.25, -0.2) is 0 Å². The molecule has 3 aliphatic rings. The van der Waals surface area contributed by atoms with Crippen LogP contribution >= 0.6 is 0 Å². The molecule has 0 radical (unpaired) electrons. The van der Waals surface area contributed by atoms with E-state index in [9.17, 15) is 13.2 Å². The van der Waals surface area contributed by atoms with Crippen molar-refractivity contribution in [2.45, 2.75) is 44.2 Å². The van der Waals surface area contributed by atoms with E-state index in [4.69, 9.17) is 4.74 Å². The second-order valence-corrected chi connectivity index (χ2v) is 10.5. The lowest BCUT2D eigenvalue weighted by Gasteiger charge is -2.33. The lowest BCUT2D eigenvalue weighted by Crippen LogP contribution is -2.46. The molecule has 7 nitrogen and oxygen atoms in total. The Kier molecular flexibility index (Phi) is 5.37. The molecule has 3 fully saturated rings. The van der Waals surface area contributed by atoms with E-state index in [2.05, 4.69) is 0 Å². The molecular weight excluding hydrogens is 378 g/mol. The van der Waals surface area contributed by atoms with Crippen molar-refractivity contribution in [3.05, 3.63) is 29.8 Å². The average Bonchev–Trinajstić information content (AvgIpc) is 3.31. The van der Waals surface area contributed by atoms with Gasteiger partial charge in [0.2, 0.25) is 0 Å². The first-order valence-electron chi connectivity index (χ1n) is 10.1. The summed E-state index contributed by atoms with van der Waals surface area (Å²) >= 11 is 0. The first-order chi connectivity index (χ1) is 13.3. The molecule has 1 amide bonds. The minimum atomic E-state index is -3.37. The molecule has 1 saturated carbocycles. The summed E-state index contributed by atoms with van der Waals surface area (Å²) in [6.07, 6.45) is 4.76. The zero-order valence-electron chi connectivity index (χ0n) is 16.6. The van der Waals surface area contributed by atoms with Crippen LogP contribution in [0.5, 0.6) is 5.75 Å². The highest BCUT2D eigenvalue weighted by Crippen LogP contribution is 2.38. The summed E-state index contributed by atoms with van der Waals surface area (Å²) in [6, 6.07) is 7.83. The van der Waals surface area contributed by atoms with Gasteiger partial charge in [0, 0.05) is 45.3 Å². The summed E-state index contributed by atoms with van der Waals surface area (Å²) in [7, 11) is -0.271. The third-order valence-corrected chi connectivity index (χ3v) is 8.18. The molecule has 1 aromatic carbocycles. The molecule has 154 valence electrons. The molecule has 28 heavy (non-hydrogen) atoms. The zero-order valence-corrected chi connectivity index (χ0v) is 17.4. The van der Waals surface area contributed by atoms with Crippen LogP contribution in [0.25, 0.3) is 0 Å². The van der Waals surface area contributed by atoms with Crippen molar-refractivity contribution >= 4 is 16.1 Å². The molecule has 8 heteroatoms. The quantitative estimate of drug-likeness (QED) is 0.748. The molecule has 2 bridgehead atoms. The van der Waals surface area contributed by atoms with Gasteiger partial charge in [-0.2, -0.15) is 17.0 Å². The van der Waals surface area contributed by atoms with Crippen molar-refractivity contribution in [2.24, 2.45) is 5.92 Å². The van der Waals surface area contributed by atoms with Crippen LogP contribution in [0.1, 0.15) is 42.5 Å². The van der Waals surface area contributed by atoms with Gasteiger partial charge in [-0.15, -0.1) is 0 Å². The molecule has 0 unspecified atom stereocenters. The number of hydrogen-bond donors (Lipinski definition) is 0. The first-order valence-corrected chi connectivity index (χ1v) is 11.5.